The number of carbonyl (C=O) groups excluding carboxylic acids is 1. The van der Waals surface area contributed by atoms with Crippen LogP contribution in [0.25, 0.3) is 11.1 Å². The number of amides is 1. The number of carbonyl (C=O) groups is 1. The molecule has 2 aliphatic rings. The topological polar surface area (TPSA) is 50.4 Å². The van der Waals surface area contributed by atoms with Crippen LogP contribution < -0.4 is 10.6 Å². The zero-order chi connectivity index (χ0) is 18.8. The summed E-state index contributed by atoms with van der Waals surface area (Å²) in [5, 5.41) is 6.40. The maximum Gasteiger partial charge on any atom is 0.411 e. The van der Waals surface area contributed by atoms with Crippen LogP contribution in [0.15, 0.2) is 42.5 Å². The third-order valence-corrected chi connectivity index (χ3v) is 5.60. The lowest BCUT2D eigenvalue weighted by Gasteiger charge is -2.28. The summed E-state index contributed by atoms with van der Waals surface area (Å²) >= 11 is 0. The molecule has 142 valence electrons. The summed E-state index contributed by atoms with van der Waals surface area (Å²) in [5.74, 6) is 0.0981. The second kappa shape index (κ2) is 7.69. The molecule has 0 aliphatic carbocycles. The van der Waals surface area contributed by atoms with Gasteiger partial charge in [-0.05, 0) is 56.2 Å². The number of hydrogen-bond acceptors (Lipinski definition) is 3. The van der Waals surface area contributed by atoms with Crippen LogP contribution in [-0.4, -0.2) is 24.8 Å². The Hall–Kier alpha value is -2.40. The molecule has 4 nitrogen and oxygen atoms in total. The van der Waals surface area contributed by atoms with Gasteiger partial charge < -0.3 is 10.1 Å². The van der Waals surface area contributed by atoms with Crippen LogP contribution in [0.3, 0.4) is 0 Å². The van der Waals surface area contributed by atoms with Gasteiger partial charge in [0.15, 0.2) is 0 Å². The fourth-order valence-corrected chi connectivity index (χ4v) is 4.33. The molecule has 2 saturated heterocycles. The van der Waals surface area contributed by atoms with E-state index >= 15 is 0 Å². The van der Waals surface area contributed by atoms with Crippen molar-refractivity contribution in [3.05, 3.63) is 53.8 Å². The van der Waals surface area contributed by atoms with Gasteiger partial charge in [-0.25, -0.2) is 9.18 Å². The van der Waals surface area contributed by atoms with Gasteiger partial charge in [-0.15, -0.1) is 0 Å². The fraction of sp³-hybridized carbons (Fsp3) is 0.409. The van der Waals surface area contributed by atoms with Crippen molar-refractivity contribution >= 4 is 11.8 Å². The van der Waals surface area contributed by atoms with Crippen molar-refractivity contribution in [2.75, 3.05) is 11.9 Å². The van der Waals surface area contributed by atoms with Crippen LogP contribution in [0, 0.1) is 18.7 Å². The highest BCUT2D eigenvalue weighted by molar-refractivity contribution is 5.91. The number of anilines is 1. The van der Waals surface area contributed by atoms with E-state index in [1.807, 2.05) is 25.1 Å². The van der Waals surface area contributed by atoms with Crippen molar-refractivity contribution < 1.29 is 13.9 Å². The molecule has 2 fully saturated rings. The van der Waals surface area contributed by atoms with Gasteiger partial charge >= 0.3 is 6.09 Å². The highest BCUT2D eigenvalue weighted by atomic mass is 19.1. The first-order chi connectivity index (χ1) is 13.1. The summed E-state index contributed by atoms with van der Waals surface area (Å²) in [5.41, 5.74) is 2.66. The maximum absolute atomic E-state index is 14.2. The molecule has 0 saturated carbocycles. The van der Waals surface area contributed by atoms with Gasteiger partial charge in [0.2, 0.25) is 0 Å². The summed E-state index contributed by atoms with van der Waals surface area (Å²) < 4.78 is 19.7. The minimum atomic E-state index is -0.482. The molecule has 2 aliphatic heterocycles. The SMILES string of the molecule is Cc1ccc(-c2ccccc2F)c(NC(=O)OCC2CC3CCC(C2)N3)c1. The van der Waals surface area contributed by atoms with E-state index in [4.69, 9.17) is 4.74 Å². The Morgan fingerprint density at radius 2 is 1.89 bits per heavy atom. The van der Waals surface area contributed by atoms with Gasteiger partial charge in [0, 0.05) is 23.2 Å². The zero-order valence-corrected chi connectivity index (χ0v) is 15.5. The predicted molar refractivity (Wildman–Crippen MR) is 104 cm³/mol. The monoisotopic (exact) mass is 368 g/mol. The maximum atomic E-state index is 14.2. The third-order valence-electron chi connectivity index (χ3n) is 5.60. The third kappa shape index (κ3) is 4.14. The Bertz CT molecular complexity index is 827. The van der Waals surface area contributed by atoms with Crippen LogP contribution in [-0.2, 0) is 4.74 Å². The fourth-order valence-electron chi connectivity index (χ4n) is 4.33. The summed E-state index contributed by atoms with van der Waals surface area (Å²) in [4.78, 5) is 12.4. The Morgan fingerprint density at radius 3 is 2.63 bits per heavy atom. The van der Waals surface area contributed by atoms with E-state index in [9.17, 15) is 9.18 Å². The lowest BCUT2D eigenvalue weighted by molar-refractivity contribution is 0.122. The number of halogens is 1. The van der Waals surface area contributed by atoms with Gasteiger partial charge in [-0.1, -0.05) is 30.3 Å². The van der Waals surface area contributed by atoms with Gasteiger partial charge in [0.1, 0.15) is 5.82 Å². The molecule has 2 heterocycles. The summed E-state index contributed by atoms with van der Waals surface area (Å²) in [6, 6.07) is 13.3. The molecule has 0 radical (unpaired) electrons. The number of benzene rings is 2. The molecule has 2 N–H and O–H groups in total. The standard InChI is InChI=1S/C22H25FN2O2/c1-14-6-9-19(18-4-2-3-5-20(18)23)21(10-14)25-22(26)27-13-15-11-16-7-8-17(12-15)24-16/h2-6,9-10,15-17,24H,7-8,11-13H2,1H3,(H,25,26). The molecule has 2 atom stereocenters. The average Bonchev–Trinajstić information content (AvgIpc) is 2.99. The van der Waals surface area contributed by atoms with Gasteiger partial charge in [-0.3, -0.25) is 5.32 Å². The smallest absolute Gasteiger partial charge is 0.411 e. The van der Waals surface area contributed by atoms with E-state index < -0.39 is 6.09 Å². The lowest BCUT2D eigenvalue weighted by Crippen LogP contribution is -2.39. The minimum Gasteiger partial charge on any atom is -0.449 e. The van der Waals surface area contributed by atoms with Crippen molar-refractivity contribution in [1.82, 2.24) is 5.32 Å². The average molecular weight is 368 g/mol. The van der Waals surface area contributed by atoms with Crippen LogP contribution in [0.4, 0.5) is 14.9 Å². The number of aryl methyl sites for hydroxylation is 1. The van der Waals surface area contributed by atoms with Gasteiger partial charge in [-0.2, -0.15) is 0 Å². The summed E-state index contributed by atoms with van der Waals surface area (Å²) in [6.07, 6.45) is 4.10. The van der Waals surface area contributed by atoms with Gasteiger partial charge in [0.25, 0.3) is 0 Å². The summed E-state index contributed by atoms with van der Waals surface area (Å²) in [6.45, 7) is 2.37. The Balaban J connectivity index is 1.43. The number of nitrogens with one attached hydrogen (secondary N) is 2. The molecular weight excluding hydrogens is 343 g/mol. The molecule has 0 aromatic heterocycles. The lowest BCUT2D eigenvalue weighted by atomic mass is 9.93. The quantitative estimate of drug-likeness (QED) is 0.809. The van der Waals surface area contributed by atoms with E-state index in [1.54, 1.807) is 18.2 Å². The van der Waals surface area contributed by atoms with Crippen LogP contribution >= 0.6 is 0 Å². The first-order valence-electron chi connectivity index (χ1n) is 9.64. The molecule has 4 rings (SSSR count). The molecule has 0 spiro atoms. The molecule has 27 heavy (non-hydrogen) atoms. The largest absolute Gasteiger partial charge is 0.449 e. The van der Waals surface area contributed by atoms with Crippen LogP contribution in [0.1, 0.15) is 31.2 Å². The zero-order valence-electron chi connectivity index (χ0n) is 15.5. The van der Waals surface area contributed by atoms with Crippen molar-refractivity contribution in [3.63, 3.8) is 0 Å². The first-order valence-corrected chi connectivity index (χ1v) is 9.64. The molecule has 2 aromatic rings. The van der Waals surface area contributed by atoms with Crippen molar-refractivity contribution in [2.24, 2.45) is 5.92 Å². The molecule has 5 heteroatoms. The molecule has 2 bridgehead atoms. The van der Waals surface area contributed by atoms with Crippen molar-refractivity contribution in [3.8, 4) is 11.1 Å². The van der Waals surface area contributed by atoms with Crippen molar-refractivity contribution in [2.45, 2.75) is 44.7 Å². The predicted octanol–water partition coefficient (Wildman–Crippen LogP) is 4.88. The highest BCUT2D eigenvalue weighted by Gasteiger charge is 2.33. The molecular formula is C22H25FN2O2. The second-order valence-electron chi connectivity index (χ2n) is 7.73. The van der Waals surface area contributed by atoms with Crippen molar-refractivity contribution in [1.29, 1.82) is 0 Å². The molecule has 2 aromatic carbocycles. The van der Waals surface area contributed by atoms with Gasteiger partial charge in [0.05, 0.1) is 12.3 Å². The highest BCUT2D eigenvalue weighted by Crippen LogP contribution is 2.32. The molecule has 2 unspecified atom stereocenters. The van der Waals surface area contributed by atoms with Crippen LogP contribution in [0.5, 0.6) is 0 Å². The number of fused-ring (bicyclic) bond motifs is 2. The Morgan fingerprint density at radius 1 is 1.15 bits per heavy atom. The normalized spacial score (nSPS) is 23.9. The Kier molecular flexibility index (Phi) is 5.12. The van der Waals surface area contributed by atoms with E-state index in [-0.39, 0.29) is 5.82 Å². The van der Waals surface area contributed by atoms with Crippen LogP contribution in [0.2, 0.25) is 0 Å². The number of piperidine rings is 1. The number of hydrogen-bond donors (Lipinski definition) is 2. The number of rotatable bonds is 4. The van der Waals surface area contributed by atoms with E-state index in [0.717, 1.165) is 18.4 Å². The second-order valence-corrected chi connectivity index (χ2v) is 7.73. The first kappa shape index (κ1) is 18.0. The molecule has 1 amide bonds. The minimum absolute atomic E-state index is 0.317. The number of ether oxygens (including phenoxy) is 1. The van der Waals surface area contributed by atoms with E-state index in [2.05, 4.69) is 10.6 Å². The van der Waals surface area contributed by atoms with E-state index in [1.165, 1.54) is 18.9 Å². The Labute approximate surface area is 159 Å². The summed E-state index contributed by atoms with van der Waals surface area (Å²) in [7, 11) is 0. The van der Waals surface area contributed by atoms with E-state index in [0.29, 0.717) is 41.4 Å².